The Bertz CT molecular complexity index is 683. The smallest absolute Gasteiger partial charge is 0.289 e. The van der Waals surface area contributed by atoms with Gasteiger partial charge in [-0.15, -0.1) is 11.3 Å². The number of nitro groups is 1. The Balaban J connectivity index is 2.24. The Labute approximate surface area is 131 Å². The van der Waals surface area contributed by atoms with Gasteiger partial charge in [-0.05, 0) is 46.6 Å². The number of halogens is 2. The van der Waals surface area contributed by atoms with Crippen LogP contribution in [0.5, 0.6) is 0 Å². The van der Waals surface area contributed by atoms with Gasteiger partial charge in [0.15, 0.2) is 0 Å². The van der Waals surface area contributed by atoms with Gasteiger partial charge in [0, 0.05) is 11.8 Å². The minimum atomic E-state index is -0.593. The first-order chi connectivity index (χ1) is 9.38. The third-order valence-electron chi connectivity index (χ3n) is 2.48. The predicted octanol–water partition coefficient (Wildman–Crippen LogP) is 4.63. The molecule has 8 heteroatoms. The third-order valence-corrected chi connectivity index (χ3v) is 4.94. The second kappa shape index (κ2) is 5.90. The second-order valence-corrected chi connectivity index (χ2v) is 6.72. The molecule has 1 aromatic carbocycles. The van der Waals surface area contributed by atoms with Crippen LogP contribution in [-0.2, 0) is 0 Å². The summed E-state index contributed by atoms with van der Waals surface area (Å²) in [6.45, 7) is 1.88. The average Bonchev–Trinajstić information content (AvgIpc) is 2.72. The summed E-state index contributed by atoms with van der Waals surface area (Å²) in [4.78, 5) is 22.7. The molecule has 0 saturated heterocycles. The average molecular weight is 376 g/mol. The van der Waals surface area contributed by atoms with Crippen molar-refractivity contribution in [3.05, 3.63) is 53.6 Å². The number of thiophene rings is 1. The van der Waals surface area contributed by atoms with Crippen LogP contribution in [0.2, 0.25) is 5.02 Å². The lowest BCUT2D eigenvalue weighted by Crippen LogP contribution is -2.10. The molecule has 0 aliphatic rings. The number of rotatable bonds is 3. The van der Waals surface area contributed by atoms with Gasteiger partial charge in [-0.1, -0.05) is 11.6 Å². The molecule has 5 nitrogen and oxygen atoms in total. The molecule has 0 saturated carbocycles. The zero-order chi connectivity index (χ0) is 14.9. The summed E-state index contributed by atoms with van der Waals surface area (Å²) in [5, 5.41) is 13.4. The number of aryl methyl sites for hydroxylation is 1. The molecule has 0 bridgehead atoms. The largest absolute Gasteiger partial charge is 0.321 e. The van der Waals surface area contributed by atoms with Gasteiger partial charge in [0.25, 0.3) is 11.6 Å². The van der Waals surface area contributed by atoms with E-state index in [1.165, 1.54) is 29.5 Å². The first-order valence-electron chi connectivity index (χ1n) is 5.39. The maximum Gasteiger partial charge on any atom is 0.289 e. The van der Waals surface area contributed by atoms with E-state index in [2.05, 4.69) is 21.2 Å². The van der Waals surface area contributed by atoms with E-state index in [1.807, 2.05) is 6.92 Å². The van der Waals surface area contributed by atoms with E-state index < -0.39 is 4.92 Å². The summed E-state index contributed by atoms with van der Waals surface area (Å²) in [6, 6.07) is 5.87. The molecule has 0 aliphatic heterocycles. The van der Waals surface area contributed by atoms with E-state index >= 15 is 0 Å². The summed E-state index contributed by atoms with van der Waals surface area (Å²) >= 11 is 10.4. The van der Waals surface area contributed by atoms with E-state index in [9.17, 15) is 14.9 Å². The first-order valence-corrected chi connectivity index (χ1v) is 7.38. The lowest BCUT2D eigenvalue weighted by molar-refractivity contribution is -0.384. The molecule has 104 valence electrons. The molecule has 0 spiro atoms. The van der Waals surface area contributed by atoms with E-state index in [1.54, 1.807) is 6.07 Å². The number of hydrogen-bond donors (Lipinski definition) is 1. The van der Waals surface area contributed by atoms with Crippen molar-refractivity contribution in [2.45, 2.75) is 6.92 Å². The van der Waals surface area contributed by atoms with Crippen molar-refractivity contribution in [1.82, 2.24) is 0 Å². The van der Waals surface area contributed by atoms with Gasteiger partial charge >= 0.3 is 0 Å². The fourth-order valence-electron chi connectivity index (χ4n) is 1.49. The monoisotopic (exact) mass is 374 g/mol. The van der Waals surface area contributed by atoms with Crippen molar-refractivity contribution in [3.63, 3.8) is 0 Å². The Morgan fingerprint density at radius 1 is 1.45 bits per heavy atom. The number of nitrogens with zero attached hydrogens (tertiary/aromatic N) is 1. The van der Waals surface area contributed by atoms with E-state index in [-0.39, 0.29) is 16.6 Å². The SMILES string of the molecule is Cc1cc(C(=O)Nc2ccc(Cl)c([N+](=O)[O-])c2)sc1Br. The number of anilines is 1. The molecule has 2 aromatic rings. The highest BCUT2D eigenvalue weighted by Crippen LogP contribution is 2.30. The van der Waals surface area contributed by atoms with Crippen LogP contribution in [0.1, 0.15) is 15.2 Å². The fourth-order valence-corrected chi connectivity index (χ4v) is 3.11. The van der Waals surface area contributed by atoms with Gasteiger partial charge in [0.05, 0.1) is 13.6 Å². The normalized spacial score (nSPS) is 10.3. The fraction of sp³-hybridized carbons (Fsp3) is 0.0833. The quantitative estimate of drug-likeness (QED) is 0.628. The topological polar surface area (TPSA) is 72.2 Å². The molecule has 1 aromatic heterocycles. The van der Waals surface area contributed by atoms with Crippen LogP contribution in [0.3, 0.4) is 0 Å². The van der Waals surface area contributed by atoms with Crippen molar-refractivity contribution in [2.75, 3.05) is 5.32 Å². The molecule has 0 aliphatic carbocycles. The first kappa shape index (κ1) is 15.0. The molecule has 0 fully saturated rings. The lowest BCUT2D eigenvalue weighted by atomic mass is 10.2. The van der Waals surface area contributed by atoms with Crippen LogP contribution in [0.4, 0.5) is 11.4 Å². The number of amides is 1. The minimum absolute atomic E-state index is 0.0303. The van der Waals surface area contributed by atoms with E-state index in [0.717, 1.165) is 9.35 Å². The molecule has 2 rings (SSSR count). The maximum atomic E-state index is 12.0. The molecular weight excluding hydrogens is 368 g/mol. The number of carbonyl (C=O) groups excluding carboxylic acids is 1. The van der Waals surface area contributed by atoms with Gasteiger partial charge in [0.1, 0.15) is 5.02 Å². The van der Waals surface area contributed by atoms with Gasteiger partial charge in [0.2, 0.25) is 0 Å². The summed E-state index contributed by atoms with van der Waals surface area (Å²) in [5.41, 5.74) is 1.04. The van der Waals surface area contributed by atoms with Crippen LogP contribution in [-0.4, -0.2) is 10.8 Å². The van der Waals surface area contributed by atoms with Crippen LogP contribution >= 0.6 is 38.9 Å². The molecule has 0 radical (unpaired) electrons. The van der Waals surface area contributed by atoms with Crippen molar-refractivity contribution >= 4 is 56.1 Å². The van der Waals surface area contributed by atoms with Crippen molar-refractivity contribution in [2.24, 2.45) is 0 Å². The Kier molecular flexibility index (Phi) is 4.42. The number of hydrogen-bond acceptors (Lipinski definition) is 4. The molecule has 1 amide bonds. The summed E-state index contributed by atoms with van der Waals surface area (Å²) in [6.07, 6.45) is 0. The van der Waals surface area contributed by atoms with Crippen molar-refractivity contribution < 1.29 is 9.72 Å². The summed E-state index contributed by atoms with van der Waals surface area (Å²) < 4.78 is 0.879. The Hall–Kier alpha value is -1.44. The number of nitrogens with one attached hydrogen (secondary N) is 1. The molecule has 1 N–H and O–H groups in total. The van der Waals surface area contributed by atoms with Gasteiger partial charge in [-0.3, -0.25) is 14.9 Å². The molecule has 0 atom stereocenters. The Morgan fingerprint density at radius 2 is 2.15 bits per heavy atom. The summed E-state index contributed by atoms with van der Waals surface area (Å²) in [5.74, 6) is -0.319. The van der Waals surface area contributed by atoms with Crippen LogP contribution in [0.15, 0.2) is 28.1 Å². The second-order valence-electron chi connectivity index (χ2n) is 3.94. The third kappa shape index (κ3) is 3.17. The molecule has 0 unspecified atom stereocenters. The maximum absolute atomic E-state index is 12.0. The zero-order valence-electron chi connectivity index (χ0n) is 10.1. The predicted molar refractivity (Wildman–Crippen MR) is 82.8 cm³/mol. The van der Waals surface area contributed by atoms with E-state index in [4.69, 9.17) is 11.6 Å². The lowest BCUT2D eigenvalue weighted by Gasteiger charge is -2.04. The summed E-state index contributed by atoms with van der Waals surface area (Å²) in [7, 11) is 0. The van der Waals surface area contributed by atoms with Gasteiger partial charge in [-0.2, -0.15) is 0 Å². The highest BCUT2D eigenvalue weighted by atomic mass is 79.9. The van der Waals surface area contributed by atoms with Crippen LogP contribution in [0, 0.1) is 17.0 Å². The zero-order valence-corrected chi connectivity index (χ0v) is 13.3. The number of nitro benzene ring substituents is 1. The molecular formula is C12H8BrClN2O3S. The number of benzene rings is 1. The van der Waals surface area contributed by atoms with Gasteiger partial charge < -0.3 is 5.32 Å². The Morgan fingerprint density at radius 3 is 2.70 bits per heavy atom. The van der Waals surface area contributed by atoms with Crippen LogP contribution in [0.25, 0.3) is 0 Å². The highest BCUT2D eigenvalue weighted by molar-refractivity contribution is 9.11. The standard InChI is InChI=1S/C12H8BrClN2O3S/c1-6-4-10(20-11(6)13)12(17)15-7-2-3-8(14)9(5-7)16(18)19/h2-5H,1H3,(H,15,17). The van der Waals surface area contributed by atoms with Crippen molar-refractivity contribution in [1.29, 1.82) is 0 Å². The van der Waals surface area contributed by atoms with Gasteiger partial charge in [-0.25, -0.2) is 0 Å². The highest BCUT2D eigenvalue weighted by Gasteiger charge is 2.16. The van der Waals surface area contributed by atoms with Crippen molar-refractivity contribution in [3.8, 4) is 0 Å². The molecule has 1 heterocycles. The molecule has 20 heavy (non-hydrogen) atoms. The number of carbonyl (C=O) groups is 1. The van der Waals surface area contributed by atoms with E-state index in [0.29, 0.717) is 10.6 Å². The van der Waals surface area contributed by atoms with Crippen LogP contribution < -0.4 is 5.32 Å². The minimum Gasteiger partial charge on any atom is -0.321 e.